The summed E-state index contributed by atoms with van der Waals surface area (Å²) in [6, 6.07) is 0.909. The van der Waals surface area contributed by atoms with Gasteiger partial charge in [-0.25, -0.2) is 0 Å². The van der Waals surface area contributed by atoms with Crippen LogP contribution in [0.3, 0.4) is 0 Å². The van der Waals surface area contributed by atoms with Crippen molar-refractivity contribution in [2.24, 2.45) is 23.3 Å². The SMILES string of the molecule is NC1CCN(CC2CCOC2)CC1.NC1CCN(CC2CCOC2)CC1. The molecule has 0 bridgehead atoms. The zero-order valence-corrected chi connectivity index (χ0v) is 16.5. The van der Waals surface area contributed by atoms with E-state index in [1.165, 1.54) is 77.8 Å². The molecule has 0 aromatic rings. The number of hydrogen-bond donors (Lipinski definition) is 2. The topological polar surface area (TPSA) is 77.0 Å². The Hall–Kier alpha value is -0.240. The van der Waals surface area contributed by atoms with E-state index in [1.54, 1.807) is 0 Å². The Morgan fingerprint density at radius 1 is 0.615 bits per heavy atom. The van der Waals surface area contributed by atoms with Gasteiger partial charge in [-0.2, -0.15) is 0 Å². The predicted molar refractivity (Wildman–Crippen MR) is 105 cm³/mol. The minimum absolute atomic E-state index is 0.455. The number of piperidine rings is 2. The van der Waals surface area contributed by atoms with Crippen LogP contribution < -0.4 is 11.5 Å². The third-order valence-corrected chi connectivity index (χ3v) is 6.35. The van der Waals surface area contributed by atoms with E-state index in [2.05, 4.69) is 9.80 Å². The molecule has 0 aliphatic carbocycles. The van der Waals surface area contributed by atoms with Gasteiger partial charge in [-0.05, 0) is 76.5 Å². The summed E-state index contributed by atoms with van der Waals surface area (Å²) in [6.07, 6.45) is 7.20. The smallest absolute Gasteiger partial charge is 0.0507 e. The van der Waals surface area contributed by atoms with E-state index < -0.39 is 0 Å². The number of nitrogens with zero attached hydrogens (tertiary/aromatic N) is 2. The van der Waals surface area contributed by atoms with Crippen molar-refractivity contribution in [3.05, 3.63) is 0 Å². The first-order chi connectivity index (χ1) is 12.7. The summed E-state index contributed by atoms with van der Waals surface area (Å²) in [7, 11) is 0. The second-order valence-electron chi connectivity index (χ2n) is 8.74. The van der Waals surface area contributed by atoms with Crippen molar-refractivity contribution in [3.63, 3.8) is 0 Å². The molecule has 152 valence electrons. The second kappa shape index (κ2) is 10.9. The largest absolute Gasteiger partial charge is 0.381 e. The lowest BCUT2D eigenvalue weighted by molar-refractivity contribution is 0.152. The van der Waals surface area contributed by atoms with Crippen LogP contribution in [0.4, 0.5) is 0 Å². The maximum absolute atomic E-state index is 5.85. The van der Waals surface area contributed by atoms with Gasteiger partial charge in [0.25, 0.3) is 0 Å². The highest BCUT2D eigenvalue weighted by atomic mass is 16.5. The van der Waals surface area contributed by atoms with E-state index in [4.69, 9.17) is 20.9 Å². The van der Waals surface area contributed by atoms with E-state index in [9.17, 15) is 0 Å². The summed E-state index contributed by atoms with van der Waals surface area (Å²) >= 11 is 0. The molecule has 0 radical (unpaired) electrons. The molecule has 6 heteroatoms. The van der Waals surface area contributed by atoms with E-state index in [0.717, 1.165) is 38.3 Å². The molecular formula is C20H40N4O2. The third kappa shape index (κ3) is 7.06. The molecule has 0 aromatic heterocycles. The Balaban J connectivity index is 0.000000151. The van der Waals surface area contributed by atoms with Crippen molar-refractivity contribution >= 4 is 0 Å². The molecule has 0 spiro atoms. The van der Waals surface area contributed by atoms with Crippen molar-refractivity contribution < 1.29 is 9.47 Å². The second-order valence-corrected chi connectivity index (χ2v) is 8.74. The maximum Gasteiger partial charge on any atom is 0.0507 e. The fraction of sp³-hybridized carbons (Fsp3) is 1.00. The normalized spacial score (nSPS) is 32.5. The molecule has 4 saturated heterocycles. The first-order valence-corrected chi connectivity index (χ1v) is 10.8. The summed E-state index contributed by atoms with van der Waals surface area (Å²) < 4.78 is 10.7. The van der Waals surface area contributed by atoms with Crippen LogP contribution in [0.2, 0.25) is 0 Å². The van der Waals surface area contributed by atoms with E-state index in [0.29, 0.717) is 12.1 Å². The Labute approximate surface area is 159 Å². The lowest BCUT2D eigenvalue weighted by Gasteiger charge is -2.31. The number of rotatable bonds is 4. The summed E-state index contributed by atoms with van der Waals surface area (Å²) in [6.45, 7) is 11.1. The number of hydrogen-bond acceptors (Lipinski definition) is 6. The zero-order chi connectivity index (χ0) is 18.2. The van der Waals surface area contributed by atoms with Crippen molar-refractivity contribution in [1.82, 2.24) is 9.80 Å². The minimum Gasteiger partial charge on any atom is -0.381 e. The van der Waals surface area contributed by atoms with Crippen molar-refractivity contribution in [2.45, 2.75) is 50.6 Å². The fourth-order valence-electron chi connectivity index (χ4n) is 4.46. The first kappa shape index (κ1) is 20.5. The molecule has 2 unspecified atom stereocenters. The van der Waals surface area contributed by atoms with Gasteiger partial charge in [-0.15, -0.1) is 0 Å². The molecule has 2 atom stereocenters. The number of ether oxygens (including phenoxy) is 2. The molecule has 4 heterocycles. The molecule has 4 fully saturated rings. The van der Waals surface area contributed by atoms with Crippen molar-refractivity contribution in [3.8, 4) is 0 Å². The fourth-order valence-corrected chi connectivity index (χ4v) is 4.46. The van der Waals surface area contributed by atoms with Crippen LogP contribution in [0.5, 0.6) is 0 Å². The molecule has 0 aromatic carbocycles. The lowest BCUT2D eigenvalue weighted by Crippen LogP contribution is -2.41. The van der Waals surface area contributed by atoms with E-state index in [1.807, 2.05) is 0 Å². The summed E-state index contributed by atoms with van der Waals surface area (Å²) in [5, 5.41) is 0. The van der Waals surface area contributed by atoms with Gasteiger partial charge in [-0.3, -0.25) is 0 Å². The third-order valence-electron chi connectivity index (χ3n) is 6.35. The highest BCUT2D eigenvalue weighted by Gasteiger charge is 2.23. The van der Waals surface area contributed by atoms with Gasteiger partial charge >= 0.3 is 0 Å². The van der Waals surface area contributed by atoms with Crippen LogP contribution in [0.1, 0.15) is 38.5 Å². The highest BCUT2D eigenvalue weighted by molar-refractivity contribution is 4.78. The molecule has 4 aliphatic rings. The van der Waals surface area contributed by atoms with Crippen LogP contribution in [-0.2, 0) is 9.47 Å². The monoisotopic (exact) mass is 368 g/mol. The predicted octanol–water partition coefficient (Wildman–Crippen LogP) is 0.892. The van der Waals surface area contributed by atoms with Crippen molar-refractivity contribution in [1.29, 1.82) is 0 Å². The quantitative estimate of drug-likeness (QED) is 0.768. The van der Waals surface area contributed by atoms with Gasteiger partial charge in [0.05, 0.1) is 13.2 Å². The standard InChI is InChI=1S/2C10H20N2O/c2*11-10-1-4-12(5-2-10)7-9-3-6-13-8-9/h2*9-10H,1-8,11H2. The molecule has 0 saturated carbocycles. The van der Waals surface area contributed by atoms with Gasteiger partial charge in [0.2, 0.25) is 0 Å². The molecule has 4 aliphatic heterocycles. The molecule has 6 nitrogen and oxygen atoms in total. The summed E-state index contributed by atoms with van der Waals surface area (Å²) in [4.78, 5) is 5.09. The van der Waals surface area contributed by atoms with Gasteiger partial charge < -0.3 is 30.7 Å². The molecule has 0 amide bonds. The Kier molecular flexibility index (Phi) is 8.62. The number of likely N-dealkylation sites (tertiary alicyclic amines) is 2. The molecule has 4 rings (SSSR count). The van der Waals surface area contributed by atoms with Crippen LogP contribution in [0, 0.1) is 11.8 Å². The Bertz CT molecular complexity index is 334. The van der Waals surface area contributed by atoms with Crippen LogP contribution in [0.25, 0.3) is 0 Å². The lowest BCUT2D eigenvalue weighted by atomic mass is 10.0. The van der Waals surface area contributed by atoms with Crippen LogP contribution in [-0.4, -0.2) is 87.6 Å². The number of nitrogens with two attached hydrogens (primary N) is 2. The minimum atomic E-state index is 0.455. The highest BCUT2D eigenvalue weighted by Crippen LogP contribution is 2.17. The van der Waals surface area contributed by atoms with Gasteiger partial charge in [0.1, 0.15) is 0 Å². The Morgan fingerprint density at radius 2 is 1.00 bits per heavy atom. The van der Waals surface area contributed by atoms with Crippen LogP contribution in [0.15, 0.2) is 0 Å². The van der Waals surface area contributed by atoms with E-state index >= 15 is 0 Å². The molecule has 26 heavy (non-hydrogen) atoms. The van der Waals surface area contributed by atoms with Gasteiger partial charge in [0, 0.05) is 38.4 Å². The average Bonchev–Trinajstić information content (AvgIpc) is 3.34. The molecule has 4 N–H and O–H groups in total. The molecular weight excluding hydrogens is 328 g/mol. The van der Waals surface area contributed by atoms with E-state index in [-0.39, 0.29) is 0 Å². The Morgan fingerprint density at radius 3 is 1.31 bits per heavy atom. The maximum atomic E-state index is 5.85. The van der Waals surface area contributed by atoms with Crippen LogP contribution >= 0.6 is 0 Å². The van der Waals surface area contributed by atoms with Gasteiger partial charge in [0.15, 0.2) is 0 Å². The zero-order valence-electron chi connectivity index (χ0n) is 16.5. The average molecular weight is 369 g/mol. The summed E-state index contributed by atoms with van der Waals surface area (Å²) in [5.74, 6) is 1.57. The van der Waals surface area contributed by atoms with Crippen molar-refractivity contribution in [2.75, 3.05) is 65.7 Å². The van der Waals surface area contributed by atoms with Gasteiger partial charge in [-0.1, -0.05) is 0 Å². The summed E-state index contributed by atoms with van der Waals surface area (Å²) in [5.41, 5.74) is 11.7. The first-order valence-electron chi connectivity index (χ1n) is 10.8.